The highest BCUT2D eigenvalue weighted by molar-refractivity contribution is 7.80. The first kappa shape index (κ1) is 29.0. The first-order chi connectivity index (χ1) is 21.4. The van der Waals surface area contributed by atoms with E-state index in [1.807, 2.05) is 66.7 Å². The van der Waals surface area contributed by atoms with E-state index in [0.717, 1.165) is 39.0 Å². The zero-order chi connectivity index (χ0) is 30.6. The van der Waals surface area contributed by atoms with Crippen molar-refractivity contribution in [1.29, 1.82) is 0 Å². The lowest BCUT2D eigenvalue weighted by atomic mass is 9.96. The number of para-hydroxylation sites is 1. The maximum Gasteiger partial charge on any atom is 0.327 e. The number of carboxylic acids is 1. The third kappa shape index (κ3) is 6.04. The van der Waals surface area contributed by atoms with Gasteiger partial charge in [-0.1, -0.05) is 109 Å². The molecule has 0 fully saturated rings. The Balaban J connectivity index is 1.31. The van der Waals surface area contributed by atoms with Crippen molar-refractivity contribution in [2.24, 2.45) is 0 Å². The molecule has 220 valence electrons. The van der Waals surface area contributed by atoms with E-state index in [9.17, 15) is 18.7 Å². The molecule has 0 saturated carbocycles. The Morgan fingerprint density at radius 2 is 1.36 bits per heavy atom. The Labute approximate surface area is 256 Å². The molecule has 0 radical (unpaired) electrons. The molecule has 0 bridgehead atoms. The first-order valence-electron chi connectivity index (χ1n) is 14.0. The number of carbonyl (C=O) groups is 1. The monoisotopic (exact) mass is 605 g/mol. The molecule has 44 heavy (non-hydrogen) atoms. The Morgan fingerprint density at radius 1 is 0.773 bits per heavy atom. The minimum atomic E-state index is -2.79. The van der Waals surface area contributed by atoms with Gasteiger partial charge in [0.25, 0.3) is 11.3 Å². The molecule has 2 unspecified atom stereocenters. The number of furan rings is 1. The summed E-state index contributed by atoms with van der Waals surface area (Å²) < 4.78 is 44.9. The summed E-state index contributed by atoms with van der Waals surface area (Å²) in [7, 11) is 0. The molecule has 1 heterocycles. The highest BCUT2D eigenvalue weighted by Crippen LogP contribution is 2.37. The van der Waals surface area contributed by atoms with Crippen molar-refractivity contribution in [3.8, 4) is 22.3 Å². The fourth-order valence-electron chi connectivity index (χ4n) is 5.48. The van der Waals surface area contributed by atoms with Gasteiger partial charge in [-0.05, 0) is 46.0 Å². The summed E-state index contributed by atoms with van der Waals surface area (Å²) >= 11 is -2.79. The average Bonchev–Trinajstić information content (AvgIpc) is 3.40. The largest absolute Gasteiger partial charge is 0.480 e. The maximum absolute atomic E-state index is 15.6. The number of anilines is 1. The highest BCUT2D eigenvalue weighted by Gasteiger charge is 2.32. The number of rotatable bonds is 10. The molecular formula is C36H28FNO5S. The van der Waals surface area contributed by atoms with E-state index in [-0.39, 0.29) is 12.1 Å². The molecule has 0 aliphatic rings. The summed E-state index contributed by atoms with van der Waals surface area (Å²) in [6, 6.07) is 37.1. The Bertz CT molecular complexity index is 1940. The third-order valence-corrected chi connectivity index (χ3v) is 8.36. The summed E-state index contributed by atoms with van der Waals surface area (Å²) in [4.78, 5) is 12.1. The quantitative estimate of drug-likeness (QED) is 0.154. The van der Waals surface area contributed by atoms with E-state index in [1.165, 1.54) is 12.1 Å². The summed E-state index contributed by atoms with van der Waals surface area (Å²) in [6.07, 6.45) is 0.545. The van der Waals surface area contributed by atoms with Crippen LogP contribution in [0.1, 0.15) is 16.9 Å². The van der Waals surface area contributed by atoms with Gasteiger partial charge in [-0.3, -0.25) is 8.86 Å². The van der Waals surface area contributed by atoms with Gasteiger partial charge >= 0.3 is 5.97 Å². The molecule has 0 aliphatic carbocycles. The molecule has 2 atom stereocenters. The van der Waals surface area contributed by atoms with Crippen LogP contribution in [0.15, 0.2) is 132 Å². The van der Waals surface area contributed by atoms with Crippen molar-refractivity contribution in [3.05, 3.63) is 150 Å². The fourth-order valence-corrected chi connectivity index (χ4v) is 6.18. The van der Waals surface area contributed by atoms with Crippen LogP contribution in [-0.2, 0) is 28.9 Å². The van der Waals surface area contributed by atoms with Gasteiger partial charge in [0.05, 0.1) is 5.69 Å². The maximum atomic E-state index is 15.6. The van der Waals surface area contributed by atoms with Crippen LogP contribution in [0.25, 0.3) is 33.2 Å². The molecule has 6 nitrogen and oxygen atoms in total. The van der Waals surface area contributed by atoms with Crippen LogP contribution in [0.5, 0.6) is 0 Å². The van der Waals surface area contributed by atoms with Crippen molar-refractivity contribution < 1.29 is 27.5 Å². The van der Waals surface area contributed by atoms with Crippen molar-refractivity contribution in [2.45, 2.75) is 18.9 Å². The lowest BCUT2D eigenvalue weighted by Crippen LogP contribution is -2.44. The van der Waals surface area contributed by atoms with Crippen LogP contribution in [0.2, 0.25) is 0 Å². The molecule has 2 N–H and O–H groups in total. The second-order valence-corrected chi connectivity index (χ2v) is 11.3. The minimum Gasteiger partial charge on any atom is -0.480 e. The molecule has 6 aromatic rings. The SMILES string of the molecule is O=C(O)C(Cc1ccccc1)N(c1ccc(-c2ccc(-c3c(Cc4ccccc4)oc4ccccc34)cc2)cc1F)S(=O)O. The minimum absolute atomic E-state index is 0.0833. The average molecular weight is 606 g/mol. The van der Waals surface area contributed by atoms with E-state index in [1.54, 1.807) is 36.4 Å². The fraction of sp³-hybridized carbons (Fsp3) is 0.0833. The molecule has 1 aromatic heterocycles. The number of benzene rings is 5. The van der Waals surface area contributed by atoms with Crippen LogP contribution < -0.4 is 4.31 Å². The topological polar surface area (TPSA) is 91.0 Å². The number of nitrogens with zero attached hydrogens (tertiary/aromatic N) is 1. The summed E-state index contributed by atoms with van der Waals surface area (Å²) in [5, 5.41) is 10.9. The van der Waals surface area contributed by atoms with Crippen molar-refractivity contribution in [1.82, 2.24) is 0 Å². The van der Waals surface area contributed by atoms with Gasteiger partial charge in [0.2, 0.25) is 0 Å². The smallest absolute Gasteiger partial charge is 0.327 e. The second-order valence-electron chi connectivity index (χ2n) is 10.4. The van der Waals surface area contributed by atoms with Crippen molar-refractivity contribution in [3.63, 3.8) is 0 Å². The Morgan fingerprint density at radius 3 is 2.00 bits per heavy atom. The zero-order valence-electron chi connectivity index (χ0n) is 23.5. The van der Waals surface area contributed by atoms with Crippen molar-refractivity contribution >= 4 is 33.9 Å². The first-order valence-corrected chi connectivity index (χ1v) is 15.1. The van der Waals surface area contributed by atoms with Gasteiger partial charge in [-0.25, -0.2) is 13.4 Å². The van der Waals surface area contributed by atoms with Crippen LogP contribution in [-0.4, -0.2) is 25.9 Å². The lowest BCUT2D eigenvalue weighted by Gasteiger charge is -2.27. The number of hydrogen-bond donors (Lipinski definition) is 2. The molecular weight excluding hydrogens is 577 g/mol. The number of carboxylic acid groups (broad SMARTS) is 1. The number of halogens is 1. The van der Waals surface area contributed by atoms with Crippen LogP contribution in [0.3, 0.4) is 0 Å². The number of fused-ring (bicyclic) bond motifs is 1. The lowest BCUT2D eigenvalue weighted by molar-refractivity contribution is -0.138. The van der Waals surface area contributed by atoms with Gasteiger partial charge in [0, 0.05) is 23.8 Å². The summed E-state index contributed by atoms with van der Waals surface area (Å²) in [6.45, 7) is 0. The molecule has 6 rings (SSSR count). The summed E-state index contributed by atoms with van der Waals surface area (Å²) in [5.74, 6) is -1.30. The van der Waals surface area contributed by atoms with Crippen LogP contribution in [0, 0.1) is 5.82 Å². The van der Waals surface area contributed by atoms with Gasteiger partial charge in [-0.2, -0.15) is 0 Å². The molecule has 0 spiro atoms. The van der Waals surface area contributed by atoms with E-state index >= 15 is 4.39 Å². The third-order valence-electron chi connectivity index (χ3n) is 7.58. The molecule has 0 aliphatic heterocycles. The molecule has 8 heteroatoms. The van der Waals surface area contributed by atoms with Gasteiger partial charge in [-0.15, -0.1) is 0 Å². The van der Waals surface area contributed by atoms with Crippen LogP contribution in [0.4, 0.5) is 10.1 Å². The Hall–Kier alpha value is -5.05. The van der Waals surface area contributed by atoms with Gasteiger partial charge < -0.3 is 9.52 Å². The van der Waals surface area contributed by atoms with E-state index in [0.29, 0.717) is 21.9 Å². The van der Waals surface area contributed by atoms with E-state index in [4.69, 9.17) is 4.42 Å². The molecule has 5 aromatic carbocycles. The van der Waals surface area contributed by atoms with Gasteiger partial charge in [0.1, 0.15) is 23.2 Å². The standard InChI is InChI=1S/C36H28FNO5S/c37-30-23-28(19-20-31(30)38(44(41)42)32(36(39)40)21-24-9-3-1-4-10-24)26-15-17-27(18-16-26)35-29-13-7-8-14-33(29)43-34(35)22-25-11-5-2-6-12-25/h1-20,23,32H,21-22H2,(H,39,40)(H,41,42). The van der Waals surface area contributed by atoms with Gasteiger partial charge in [0.15, 0.2) is 0 Å². The molecule has 0 saturated heterocycles. The Kier molecular flexibility index (Phi) is 8.36. The second kappa shape index (κ2) is 12.7. The highest BCUT2D eigenvalue weighted by atomic mass is 32.2. The zero-order valence-corrected chi connectivity index (χ0v) is 24.3. The van der Waals surface area contributed by atoms with E-state index in [2.05, 4.69) is 12.1 Å². The van der Waals surface area contributed by atoms with Crippen molar-refractivity contribution in [2.75, 3.05) is 4.31 Å². The predicted octanol–water partition coefficient (Wildman–Crippen LogP) is 8.14. The summed E-state index contributed by atoms with van der Waals surface area (Å²) in [5.41, 5.74) is 5.52. The predicted molar refractivity (Wildman–Crippen MR) is 171 cm³/mol. The van der Waals surface area contributed by atoms with E-state index < -0.39 is 29.1 Å². The number of aliphatic carboxylic acids is 1. The number of hydrogen-bond acceptors (Lipinski definition) is 3. The normalized spacial score (nSPS) is 12.6. The van der Waals surface area contributed by atoms with Crippen LogP contribution >= 0.6 is 0 Å². The molecule has 0 amide bonds.